The molecular weight excluding hydrogens is 350 g/mol. The van der Waals surface area contributed by atoms with Crippen LogP contribution >= 0.6 is 0 Å². The summed E-state index contributed by atoms with van der Waals surface area (Å²) < 4.78 is 11.1. The van der Waals surface area contributed by atoms with E-state index in [1.165, 1.54) is 21.9 Å². The summed E-state index contributed by atoms with van der Waals surface area (Å²) in [7, 11) is 7.50. The second kappa shape index (κ2) is 7.32. The molecule has 1 aliphatic carbocycles. The molecule has 5 nitrogen and oxygen atoms in total. The van der Waals surface area contributed by atoms with Gasteiger partial charge in [-0.15, -0.1) is 0 Å². The number of ether oxygens (including phenoxy) is 2. The van der Waals surface area contributed by atoms with Crippen molar-refractivity contribution in [3.05, 3.63) is 47.5 Å². The molecule has 0 aliphatic heterocycles. The topological polar surface area (TPSA) is 46.6 Å². The Bertz CT molecular complexity index is 1030. The van der Waals surface area contributed by atoms with Crippen molar-refractivity contribution in [2.75, 3.05) is 46.7 Å². The van der Waals surface area contributed by atoms with Crippen LogP contribution in [0.2, 0.25) is 0 Å². The largest absolute Gasteiger partial charge is 0.493 e. The highest BCUT2D eigenvalue weighted by Crippen LogP contribution is 2.50. The number of fused-ring (bicyclic) bond motifs is 5. The van der Waals surface area contributed by atoms with Gasteiger partial charge in [0.1, 0.15) is 5.82 Å². The van der Waals surface area contributed by atoms with Crippen molar-refractivity contribution in [2.24, 2.45) is 0 Å². The SMILES string of the molecule is COc1cc2c(cc1OC)C(C)c1c-2nc(NCCN(C)C)c2ccccc12. The van der Waals surface area contributed by atoms with E-state index in [2.05, 4.69) is 67.6 Å². The zero-order chi connectivity index (χ0) is 19.8. The summed E-state index contributed by atoms with van der Waals surface area (Å²) in [6.07, 6.45) is 0. The van der Waals surface area contributed by atoms with E-state index in [9.17, 15) is 0 Å². The monoisotopic (exact) mass is 377 g/mol. The van der Waals surface area contributed by atoms with Crippen molar-refractivity contribution < 1.29 is 9.47 Å². The molecule has 0 amide bonds. The Balaban J connectivity index is 1.90. The number of aromatic nitrogens is 1. The fourth-order valence-electron chi connectivity index (χ4n) is 4.07. The Hall–Kier alpha value is -2.79. The second-order valence-corrected chi connectivity index (χ2v) is 7.51. The Morgan fingerprint density at radius 3 is 2.39 bits per heavy atom. The highest BCUT2D eigenvalue weighted by atomic mass is 16.5. The second-order valence-electron chi connectivity index (χ2n) is 7.51. The Kier molecular flexibility index (Phi) is 4.85. The van der Waals surface area contributed by atoms with Gasteiger partial charge in [-0.1, -0.05) is 31.2 Å². The van der Waals surface area contributed by atoms with Crippen LogP contribution in [0.15, 0.2) is 36.4 Å². The van der Waals surface area contributed by atoms with Crippen molar-refractivity contribution in [1.29, 1.82) is 0 Å². The highest BCUT2D eigenvalue weighted by molar-refractivity contribution is 6.00. The minimum absolute atomic E-state index is 0.248. The van der Waals surface area contributed by atoms with E-state index in [0.717, 1.165) is 41.7 Å². The molecule has 1 heterocycles. The van der Waals surface area contributed by atoms with Gasteiger partial charge in [0.15, 0.2) is 11.5 Å². The molecule has 0 saturated carbocycles. The summed E-state index contributed by atoms with van der Waals surface area (Å²) >= 11 is 0. The number of benzene rings is 2. The minimum Gasteiger partial charge on any atom is -0.493 e. The van der Waals surface area contributed by atoms with Gasteiger partial charge in [0.05, 0.1) is 19.9 Å². The molecule has 3 aromatic rings. The fourth-order valence-corrected chi connectivity index (χ4v) is 4.07. The van der Waals surface area contributed by atoms with E-state index >= 15 is 0 Å². The Morgan fingerprint density at radius 2 is 1.71 bits per heavy atom. The van der Waals surface area contributed by atoms with Crippen molar-refractivity contribution in [1.82, 2.24) is 9.88 Å². The van der Waals surface area contributed by atoms with Gasteiger partial charge in [-0.05, 0) is 42.7 Å². The standard InChI is InChI=1S/C23H27N3O2/c1-14-17-12-19(27-4)20(28-5)13-18(17)22-21(14)15-8-6-7-9-16(15)23(25-22)24-10-11-26(2)3/h6-9,12-14H,10-11H2,1-5H3,(H,24,25). The maximum Gasteiger partial charge on any atom is 0.161 e. The summed E-state index contributed by atoms with van der Waals surface area (Å²) in [6.45, 7) is 4.03. The number of anilines is 1. The van der Waals surface area contributed by atoms with Gasteiger partial charge in [0.25, 0.3) is 0 Å². The van der Waals surface area contributed by atoms with Crippen LogP contribution in [0.3, 0.4) is 0 Å². The van der Waals surface area contributed by atoms with Crippen LogP contribution in [0, 0.1) is 0 Å². The molecule has 0 fully saturated rings. The molecule has 1 aliphatic rings. The van der Waals surface area contributed by atoms with Gasteiger partial charge >= 0.3 is 0 Å². The lowest BCUT2D eigenvalue weighted by atomic mass is 9.95. The molecule has 2 aromatic carbocycles. The molecule has 0 spiro atoms. The highest BCUT2D eigenvalue weighted by Gasteiger charge is 2.31. The number of rotatable bonds is 6. The molecule has 0 saturated heterocycles. The summed E-state index contributed by atoms with van der Waals surface area (Å²) in [5.74, 6) is 2.68. The molecule has 1 atom stereocenters. The van der Waals surface area contributed by atoms with E-state index < -0.39 is 0 Å². The molecule has 0 radical (unpaired) electrons. The third kappa shape index (κ3) is 2.96. The number of hydrogen-bond donors (Lipinski definition) is 1. The molecule has 1 unspecified atom stereocenters. The normalized spacial score (nSPS) is 14.9. The average molecular weight is 377 g/mol. The first-order valence-electron chi connectivity index (χ1n) is 9.62. The first-order chi connectivity index (χ1) is 13.5. The average Bonchev–Trinajstić information content (AvgIpc) is 2.98. The zero-order valence-electron chi connectivity index (χ0n) is 17.2. The van der Waals surface area contributed by atoms with E-state index in [0.29, 0.717) is 0 Å². The maximum absolute atomic E-state index is 5.55. The van der Waals surface area contributed by atoms with Gasteiger partial charge in [-0.3, -0.25) is 0 Å². The Labute approximate surface area is 166 Å². The molecule has 146 valence electrons. The first-order valence-corrected chi connectivity index (χ1v) is 9.62. The van der Waals surface area contributed by atoms with Crippen LogP contribution in [0.1, 0.15) is 24.0 Å². The number of methoxy groups -OCH3 is 2. The lowest BCUT2D eigenvalue weighted by molar-refractivity contribution is 0.354. The lowest BCUT2D eigenvalue weighted by Crippen LogP contribution is -2.21. The van der Waals surface area contributed by atoms with Gasteiger partial charge in [-0.25, -0.2) is 4.98 Å². The van der Waals surface area contributed by atoms with Crippen molar-refractivity contribution in [3.8, 4) is 22.8 Å². The third-order valence-corrected chi connectivity index (χ3v) is 5.51. The van der Waals surface area contributed by atoms with E-state index in [1.54, 1.807) is 14.2 Å². The van der Waals surface area contributed by atoms with Gasteiger partial charge in [-0.2, -0.15) is 0 Å². The molecule has 1 aromatic heterocycles. The van der Waals surface area contributed by atoms with E-state index in [-0.39, 0.29) is 5.92 Å². The number of likely N-dealkylation sites (N-methyl/N-ethyl adjacent to an activating group) is 1. The summed E-state index contributed by atoms with van der Waals surface area (Å²) in [6, 6.07) is 12.7. The third-order valence-electron chi connectivity index (χ3n) is 5.51. The predicted octanol–water partition coefficient (Wildman–Crippen LogP) is 4.36. The number of nitrogens with one attached hydrogen (secondary N) is 1. The summed E-state index contributed by atoms with van der Waals surface area (Å²) in [5, 5.41) is 5.95. The van der Waals surface area contributed by atoms with Crippen LogP contribution in [0.5, 0.6) is 11.5 Å². The molecule has 5 heteroatoms. The summed E-state index contributed by atoms with van der Waals surface area (Å²) in [5.41, 5.74) is 4.67. The number of nitrogens with zero attached hydrogens (tertiary/aromatic N) is 2. The minimum atomic E-state index is 0.248. The first kappa shape index (κ1) is 18.6. The quantitative estimate of drug-likeness (QED) is 0.692. The molecule has 28 heavy (non-hydrogen) atoms. The predicted molar refractivity (Wildman–Crippen MR) is 115 cm³/mol. The molecule has 0 bridgehead atoms. The lowest BCUT2D eigenvalue weighted by Gasteiger charge is -2.16. The molecular formula is C23H27N3O2. The number of hydrogen-bond acceptors (Lipinski definition) is 5. The molecule has 4 rings (SSSR count). The van der Waals surface area contributed by atoms with E-state index in [1.807, 2.05) is 0 Å². The van der Waals surface area contributed by atoms with Crippen molar-refractivity contribution in [3.63, 3.8) is 0 Å². The molecule has 1 N–H and O–H groups in total. The van der Waals surface area contributed by atoms with Crippen LogP contribution in [-0.4, -0.2) is 51.3 Å². The smallest absolute Gasteiger partial charge is 0.161 e. The van der Waals surface area contributed by atoms with Crippen LogP contribution in [0.4, 0.5) is 5.82 Å². The van der Waals surface area contributed by atoms with Crippen molar-refractivity contribution in [2.45, 2.75) is 12.8 Å². The van der Waals surface area contributed by atoms with Crippen LogP contribution in [0.25, 0.3) is 22.0 Å². The van der Waals surface area contributed by atoms with E-state index in [4.69, 9.17) is 14.5 Å². The van der Waals surface area contributed by atoms with Crippen LogP contribution < -0.4 is 14.8 Å². The van der Waals surface area contributed by atoms with Crippen LogP contribution in [-0.2, 0) is 0 Å². The van der Waals surface area contributed by atoms with Gasteiger partial charge in [0, 0.05) is 30.0 Å². The Morgan fingerprint density at radius 1 is 1.04 bits per heavy atom. The number of pyridine rings is 1. The van der Waals surface area contributed by atoms with Gasteiger partial charge < -0.3 is 19.7 Å². The van der Waals surface area contributed by atoms with Crippen molar-refractivity contribution >= 4 is 16.6 Å². The van der Waals surface area contributed by atoms with Gasteiger partial charge in [0.2, 0.25) is 0 Å². The summed E-state index contributed by atoms with van der Waals surface area (Å²) in [4.78, 5) is 7.24. The zero-order valence-corrected chi connectivity index (χ0v) is 17.2. The maximum atomic E-state index is 5.55. The fraction of sp³-hybridized carbons (Fsp3) is 0.348.